The first-order chi connectivity index (χ1) is 14.1. The van der Waals surface area contributed by atoms with Crippen LogP contribution in [0.4, 0.5) is 11.4 Å². The average Bonchev–Trinajstić information content (AvgIpc) is 2.69. The highest BCUT2D eigenvalue weighted by molar-refractivity contribution is 7.93. The predicted molar refractivity (Wildman–Crippen MR) is 117 cm³/mol. The number of methoxy groups -OCH3 is 1. The molecule has 0 saturated heterocycles. The van der Waals surface area contributed by atoms with Crippen LogP contribution in [-0.4, -0.2) is 23.9 Å². The van der Waals surface area contributed by atoms with E-state index in [1.807, 2.05) is 0 Å². The van der Waals surface area contributed by atoms with Gasteiger partial charge in [-0.15, -0.1) is 0 Å². The van der Waals surface area contributed by atoms with Crippen molar-refractivity contribution < 1.29 is 21.6 Å². The molecule has 0 bridgehead atoms. The van der Waals surface area contributed by atoms with Crippen molar-refractivity contribution in [3.63, 3.8) is 0 Å². The SMILES string of the molecule is COc1ccc(S(=O)(=O)Nc2cc(S(=O)(=O)Nc3cccc(Cl)c3)ccc2C)cc1. The van der Waals surface area contributed by atoms with Crippen LogP contribution in [-0.2, 0) is 20.0 Å². The molecule has 0 saturated carbocycles. The standard InChI is InChI=1S/C20H19ClN2O5S2/c1-14-6-9-19(30(26,27)22-16-5-3-4-15(21)12-16)13-20(14)23-29(24,25)18-10-7-17(28-2)8-11-18/h3-13,22-23H,1-2H3. The van der Waals surface area contributed by atoms with Gasteiger partial charge < -0.3 is 4.74 Å². The zero-order valence-electron chi connectivity index (χ0n) is 16.1. The van der Waals surface area contributed by atoms with Crippen LogP contribution in [0.5, 0.6) is 5.75 Å². The molecule has 0 amide bonds. The Balaban J connectivity index is 1.90. The van der Waals surface area contributed by atoms with Crippen LogP contribution in [0.25, 0.3) is 0 Å². The second-order valence-corrected chi connectivity index (χ2v) is 10.2. The van der Waals surface area contributed by atoms with Crippen molar-refractivity contribution >= 4 is 43.0 Å². The van der Waals surface area contributed by atoms with Crippen molar-refractivity contribution in [3.05, 3.63) is 77.3 Å². The third kappa shape index (κ3) is 5.05. The number of ether oxygens (including phenoxy) is 1. The number of nitrogens with one attached hydrogen (secondary N) is 2. The van der Waals surface area contributed by atoms with E-state index < -0.39 is 20.0 Å². The summed E-state index contributed by atoms with van der Waals surface area (Å²) in [5.74, 6) is 0.519. The quantitative estimate of drug-likeness (QED) is 0.541. The zero-order valence-corrected chi connectivity index (χ0v) is 18.5. The summed E-state index contributed by atoms with van der Waals surface area (Å²) in [6, 6.07) is 16.3. The molecule has 0 aliphatic carbocycles. The minimum absolute atomic E-state index is 0.0213. The summed E-state index contributed by atoms with van der Waals surface area (Å²) >= 11 is 5.90. The number of anilines is 2. The Bertz CT molecular complexity index is 1270. The van der Waals surface area contributed by atoms with E-state index in [1.54, 1.807) is 25.1 Å². The number of benzene rings is 3. The number of sulfonamides is 2. The molecular formula is C20H19ClN2O5S2. The molecule has 0 fully saturated rings. The van der Waals surface area contributed by atoms with Gasteiger partial charge in [-0.3, -0.25) is 9.44 Å². The largest absolute Gasteiger partial charge is 0.497 e. The lowest BCUT2D eigenvalue weighted by molar-refractivity contribution is 0.414. The molecule has 0 spiro atoms. The van der Waals surface area contributed by atoms with Gasteiger partial charge in [-0.05, 0) is 67.1 Å². The number of aryl methyl sites for hydroxylation is 1. The van der Waals surface area contributed by atoms with Gasteiger partial charge >= 0.3 is 0 Å². The van der Waals surface area contributed by atoms with E-state index in [9.17, 15) is 16.8 Å². The first kappa shape index (κ1) is 21.9. The Morgan fingerprint density at radius 2 is 1.43 bits per heavy atom. The highest BCUT2D eigenvalue weighted by Gasteiger charge is 2.19. The fourth-order valence-electron chi connectivity index (χ4n) is 2.60. The molecule has 3 aromatic carbocycles. The molecule has 158 valence electrons. The molecule has 0 heterocycles. The molecule has 3 aromatic rings. The second kappa shape index (κ2) is 8.55. The average molecular weight is 467 g/mol. The highest BCUT2D eigenvalue weighted by atomic mass is 35.5. The van der Waals surface area contributed by atoms with Gasteiger partial charge in [0.2, 0.25) is 0 Å². The molecule has 3 rings (SSSR count). The monoisotopic (exact) mass is 466 g/mol. The van der Waals surface area contributed by atoms with Crippen molar-refractivity contribution in [1.82, 2.24) is 0 Å². The lowest BCUT2D eigenvalue weighted by Gasteiger charge is -2.14. The van der Waals surface area contributed by atoms with Crippen molar-refractivity contribution in [2.45, 2.75) is 16.7 Å². The van der Waals surface area contributed by atoms with Crippen molar-refractivity contribution in [1.29, 1.82) is 0 Å². The summed E-state index contributed by atoms with van der Waals surface area (Å²) in [4.78, 5) is -0.0754. The Labute approximate surface area is 180 Å². The lowest BCUT2D eigenvalue weighted by atomic mass is 10.2. The van der Waals surface area contributed by atoms with Crippen LogP contribution in [0.3, 0.4) is 0 Å². The minimum Gasteiger partial charge on any atom is -0.497 e. The van der Waals surface area contributed by atoms with Gasteiger partial charge in [0.25, 0.3) is 20.0 Å². The van der Waals surface area contributed by atoms with Gasteiger partial charge in [-0.2, -0.15) is 0 Å². The molecule has 30 heavy (non-hydrogen) atoms. The summed E-state index contributed by atoms with van der Waals surface area (Å²) < 4.78 is 60.8. The zero-order chi connectivity index (χ0) is 21.9. The smallest absolute Gasteiger partial charge is 0.261 e. The van der Waals surface area contributed by atoms with Crippen LogP contribution < -0.4 is 14.2 Å². The first-order valence-corrected chi connectivity index (χ1v) is 12.0. The maximum absolute atomic E-state index is 12.7. The first-order valence-electron chi connectivity index (χ1n) is 8.67. The number of hydrogen-bond donors (Lipinski definition) is 2. The molecule has 0 aromatic heterocycles. The van der Waals surface area contributed by atoms with E-state index in [0.29, 0.717) is 22.0 Å². The van der Waals surface area contributed by atoms with Crippen LogP contribution in [0.1, 0.15) is 5.56 Å². The normalized spacial score (nSPS) is 11.7. The van der Waals surface area contributed by atoms with E-state index in [0.717, 1.165) is 0 Å². The predicted octanol–water partition coefficient (Wildman–Crippen LogP) is 4.26. The molecule has 10 heteroatoms. The lowest BCUT2D eigenvalue weighted by Crippen LogP contribution is -2.16. The van der Waals surface area contributed by atoms with Crippen LogP contribution in [0.2, 0.25) is 5.02 Å². The van der Waals surface area contributed by atoms with E-state index >= 15 is 0 Å². The molecule has 0 aliphatic rings. The number of halogens is 1. The van der Waals surface area contributed by atoms with Crippen LogP contribution >= 0.6 is 11.6 Å². The van der Waals surface area contributed by atoms with Gasteiger partial charge in [0, 0.05) is 5.02 Å². The topological polar surface area (TPSA) is 102 Å². The summed E-state index contributed by atoms with van der Waals surface area (Å²) in [5.41, 5.74) is 1.01. The van der Waals surface area contributed by atoms with E-state index in [-0.39, 0.29) is 15.5 Å². The molecule has 0 radical (unpaired) electrons. The second-order valence-electron chi connectivity index (χ2n) is 6.37. The van der Waals surface area contributed by atoms with E-state index in [1.165, 1.54) is 55.6 Å². The molecule has 0 unspecified atom stereocenters. The van der Waals surface area contributed by atoms with Gasteiger partial charge in [0.15, 0.2) is 0 Å². The number of rotatable bonds is 7. The Kier molecular flexibility index (Phi) is 6.25. The van der Waals surface area contributed by atoms with Gasteiger partial charge in [0.05, 0.1) is 28.3 Å². The summed E-state index contributed by atoms with van der Waals surface area (Å²) in [7, 11) is -6.40. The van der Waals surface area contributed by atoms with E-state index in [4.69, 9.17) is 16.3 Å². The Hall–Kier alpha value is -2.75. The number of hydrogen-bond acceptors (Lipinski definition) is 5. The Morgan fingerprint density at radius 1 is 0.800 bits per heavy atom. The van der Waals surface area contributed by atoms with Gasteiger partial charge in [-0.25, -0.2) is 16.8 Å². The molecule has 7 nitrogen and oxygen atoms in total. The van der Waals surface area contributed by atoms with Gasteiger partial charge in [-0.1, -0.05) is 23.7 Å². The maximum Gasteiger partial charge on any atom is 0.261 e. The van der Waals surface area contributed by atoms with Crippen LogP contribution in [0.15, 0.2) is 76.5 Å². The summed E-state index contributed by atoms with van der Waals surface area (Å²) in [5, 5.41) is 0.382. The maximum atomic E-state index is 12.7. The summed E-state index contributed by atoms with van der Waals surface area (Å²) in [6.07, 6.45) is 0. The molecule has 0 atom stereocenters. The van der Waals surface area contributed by atoms with Gasteiger partial charge in [0.1, 0.15) is 5.75 Å². The molecular weight excluding hydrogens is 448 g/mol. The third-order valence-corrected chi connectivity index (χ3v) is 7.21. The molecule has 0 aliphatic heterocycles. The van der Waals surface area contributed by atoms with E-state index in [2.05, 4.69) is 9.44 Å². The minimum atomic E-state index is -3.96. The third-order valence-electron chi connectivity index (χ3n) is 4.21. The van der Waals surface area contributed by atoms with Crippen LogP contribution in [0, 0.1) is 6.92 Å². The highest BCUT2D eigenvalue weighted by Crippen LogP contribution is 2.26. The molecule has 2 N–H and O–H groups in total. The van der Waals surface area contributed by atoms with Crippen molar-refractivity contribution in [2.75, 3.05) is 16.6 Å². The van der Waals surface area contributed by atoms with Crippen molar-refractivity contribution in [2.24, 2.45) is 0 Å². The Morgan fingerprint density at radius 3 is 2.07 bits per heavy atom. The van der Waals surface area contributed by atoms with Crippen molar-refractivity contribution in [3.8, 4) is 5.75 Å². The fraction of sp³-hybridized carbons (Fsp3) is 0.100. The fourth-order valence-corrected chi connectivity index (χ4v) is 4.99. The summed E-state index contributed by atoms with van der Waals surface area (Å²) in [6.45, 7) is 1.67.